The molecule has 0 unspecified atom stereocenters. The topological polar surface area (TPSA) is 85.6 Å². The third-order valence-electron chi connectivity index (χ3n) is 4.72. The number of unbranched alkanes of at least 4 members (excludes halogenated alkanes) is 1. The third kappa shape index (κ3) is 3.76. The van der Waals surface area contributed by atoms with E-state index < -0.39 is 5.69 Å². The maximum absolute atomic E-state index is 12.9. The van der Waals surface area contributed by atoms with E-state index in [0.29, 0.717) is 29.3 Å². The predicted octanol–water partition coefficient (Wildman–Crippen LogP) is 2.44. The first kappa shape index (κ1) is 20.0. The standard InChI is InChI=1S/C20H23N5O2S/c1-4-14-8-7-9-15(12-14)13-25-16-17(22-19(25)28-11-6-5-10-21)23(2)20(27)24(3)18(16)26/h7-9,12H,4-6,11,13H2,1-3H3. The molecular weight excluding hydrogens is 374 g/mol. The molecule has 3 aromatic rings. The molecule has 0 aliphatic heterocycles. The molecule has 3 rings (SSSR count). The third-order valence-corrected chi connectivity index (χ3v) is 5.78. The van der Waals surface area contributed by atoms with Crippen LogP contribution in [0.2, 0.25) is 0 Å². The van der Waals surface area contributed by atoms with Crippen molar-refractivity contribution in [2.45, 2.75) is 37.9 Å². The Kier molecular flexibility index (Phi) is 6.05. The van der Waals surface area contributed by atoms with Crippen molar-refractivity contribution in [3.63, 3.8) is 0 Å². The zero-order chi connectivity index (χ0) is 20.3. The normalized spacial score (nSPS) is 11.1. The van der Waals surface area contributed by atoms with Gasteiger partial charge in [-0.2, -0.15) is 5.26 Å². The first-order valence-corrected chi connectivity index (χ1v) is 10.2. The lowest BCUT2D eigenvalue weighted by Gasteiger charge is -2.10. The number of fused-ring (bicyclic) bond motifs is 1. The number of aryl methyl sites for hydroxylation is 2. The molecule has 0 amide bonds. The fourth-order valence-electron chi connectivity index (χ4n) is 3.13. The van der Waals surface area contributed by atoms with E-state index in [1.54, 1.807) is 7.05 Å². The molecule has 2 heterocycles. The maximum atomic E-state index is 12.9. The Balaban J connectivity index is 2.14. The summed E-state index contributed by atoms with van der Waals surface area (Å²) in [5, 5.41) is 9.44. The molecule has 0 radical (unpaired) electrons. The summed E-state index contributed by atoms with van der Waals surface area (Å²) in [6.07, 6.45) is 2.16. The lowest BCUT2D eigenvalue weighted by molar-refractivity contribution is 0.696. The Bertz CT molecular complexity index is 1170. The lowest BCUT2D eigenvalue weighted by atomic mass is 10.1. The molecule has 0 spiro atoms. The van der Waals surface area contributed by atoms with Crippen molar-refractivity contribution < 1.29 is 0 Å². The fourth-order valence-corrected chi connectivity index (χ4v) is 4.06. The fraction of sp³-hybridized carbons (Fsp3) is 0.400. The molecule has 0 aliphatic carbocycles. The minimum atomic E-state index is -0.392. The van der Waals surface area contributed by atoms with Gasteiger partial charge in [0.05, 0.1) is 12.6 Å². The summed E-state index contributed by atoms with van der Waals surface area (Å²) < 4.78 is 4.42. The van der Waals surface area contributed by atoms with E-state index in [9.17, 15) is 9.59 Å². The molecule has 0 saturated heterocycles. The average Bonchev–Trinajstić information content (AvgIpc) is 3.06. The SMILES string of the molecule is CCc1cccc(Cn2c(SCCCC#N)nc3c2c(=O)n(C)c(=O)n3C)c1. The molecule has 0 atom stereocenters. The molecule has 0 aliphatic rings. The van der Waals surface area contributed by atoms with Crippen molar-refractivity contribution in [1.29, 1.82) is 5.26 Å². The average molecular weight is 398 g/mol. The lowest BCUT2D eigenvalue weighted by Crippen LogP contribution is -2.37. The maximum Gasteiger partial charge on any atom is 0.332 e. The number of nitriles is 1. The summed E-state index contributed by atoms with van der Waals surface area (Å²) in [5.74, 6) is 0.722. The van der Waals surface area contributed by atoms with Crippen LogP contribution in [0.15, 0.2) is 39.0 Å². The second-order valence-corrected chi connectivity index (χ2v) is 7.70. The highest BCUT2D eigenvalue weighted by atomic mass is 32.2. The van der Waals surface area contributed by atoms with Crippen LogP contribution in [-0.4, -0.2) is 24.4 Å². The van der Waals surface area contributed by atoms with Crippen LogP contribution in [-0.2, 0) is 27.1 Å². The van der Waals surface area contributed by atoms with Crippen LogP contribution < -0.4 is 11.2 Å². The van der Waals surface area contributed by atoms with Gasteiger partial charge in [-0.15, -0.1) is 0 Å². The van der Waals surface area contributed by atoms with Gasteiger partial charge in [-0.3, -0.25) is 13.9 Å². The number of thioether (sulfide) groups is 1. The smallest absolute Gasteiger partial charge is 0.309 e. The summed E-state index contributed by atoms with van der Waals surface area (Å²) in [4.78, 5) is 29.8. The minimum absolute atomic E-state index is 0.346. The van der Waals surface area contributed by atoms with Crippen LogP contribution in [0.3, 0.4) is 0 Å². The molecule has 8 heteroatoms. The van der Waals surface area contributed by atoms with Gasteiger partial charge in [-0.05, 0) is 24.0 Å². The molecule has 0 saturated carbocycles. The first-order chi connectivity index (χ1) is 13.5. The zero-order valence-corrected chi connectivity index (χ0v) is 17.1. The minimum Gasteiger partial charge on any atom is -0.309 e. The largest absolute Gasteiger partial charge is 0.332 e. The van der Waals surface area contributed by atoms with Gasteiger partial charge in [0.25, 0.3) is 5.56 Å². The second-order valence-electron chi connectivity index (χ2n) is 6.64. The molecule has 146 valence electrons. The highest BCUT2D eigenvalue weighted by molar-refractivity contribution is 7.99. The Labute approximate surface area is 167 Å². The summed E-state index contributed by atoms with van der Waals surface area (Å²) in [5.41, 5.74) is 2.38. The van der Waals surface area contributed by atoms with Crippen molar-refractivity contribution in [2.24, 2.45) is 14.1 Å². The number of rotatable bonds is 7. The summed E-state index contributed by atoms with van der Waals surface area (Å²) in [7, 11) is 3.11. The molecule has 0 N–H and O–H groups in total. The van der Waals surface area contributed by atoms with E-state index >= 15 is 0 Å². The van der Waals surface area contributed by atoms with Gasteiger partial charge >= 0.3 is 5.69 Å². The number of imidazole rings is 1. The van der Waals surface area contributed by atoms with Crippen molar-refractivity contribution in [2.75, 3.05) is 5.75 Å². The van der Waals surface area contributed by atoms with Crippen LogP contribution in [0, 0.1) is 11.3 Å². The number of hydrogen-bond donors (Lipinski definition) is 0. The van der Waals surface area contributed by atoms with Gasteiger partial charge in [0.2, 0.25) is 0 Å². The highest BCUT2D eigenvalue weighted by Crippen LogP contribution is 2.24. The first-order valence-electron chi connectivity index (χ1n) is 9.21. The molecule has 1 aromatic carbocycles. The van der Waals surface area contributed by atoms with E-state index in [0.717, 1.165) is 28.7 Å². The van der Waals surface area contributed by atoms with Crippen LogP contribution in [0.1, 0.15) is 30.9 Å². The van der Waals surface area contributed by atoms with Gasteiger partial charge in [0.15, 0.2) is 16.3 Å². The molecule has 7 nitrogen and oxygen atoms in total. The van der Waals surface area contributed by atoms with Crippen molar-refractivity contribution >= 4 is 22.9 Å². The van der Waals surface area contributed by atoms with Crippen molar-refractivity contribution in [3.8, 4) is 6.07 Å². The molecule has 28 heavy (non-hydrogen) atoms. The van der Waals surface area contributed by atoms with Crippen LogP contribution >= 0.6 is 11.8 Å². The summed E-state index contributed by atoms with van der Waals surface area (Å²) in [6, 6.07) is 10.4. The molecule has 2 aromatic heterocycles. The van der Waals surface area contributed by atoms with E-state index in [-0.39, 0.29) is 5.56 Å². The van der Waals surface area contributed by atoms with Crippen molar-refractivity contribution in [3.05, 3.63) is 56.2 Å². The van der Waals surface area contributed by atoms with Gasteiger partial charge in [-0.25, -0.2) is 9.78 Å². The van der Waals surface area contributed by atoms with Crippen LogP contribution in [0.5, 0.6) is 0 Å². The number of aromatic nitrogens is 4. The Hall–Kier alpha value is -2.79. The van der Waals surface area contributed by atoms with Gasteiger partial charge in [0, 0.05) is 26.3 Å². The molecule has 0 bridgehead atoms. The van der Waals surface area contributed by atoms with Gasteiger partial charge < -0.3 is 4.57 Å². The zero-order valence-electron chi connectivity index (χ0n) is 16.3. The van der Waals surface area contributed by atoms with E-state index in [1.165, 1.54) is 28.9 Å². The number of hydrogen-bond acceptors (Lipinski definition) is 5. The quantitative estimate of drug-likeness (QED) is 0.451. The van der Waals surface area contributed by atoms with Gasteiger partial charge in [0.1, 0.15) is 0 Å². The van der Waals surface area contributed by atoms with E-state index in [4.69, 9.17) is 5.26 Å². The Morgan fingerprint density at radius 3 is 2.64 bits per heavy atom. The number of nitrogens with zero attached hydrogens (tertiary/aromatic N) is 5. The Morgan fingerprint density at radius 2 is 1.93 bits per heavy atom. The monoisotopic (exact) mass is 397 g/mol. The van der Waals surface area contributed by atoms with Crippen LogP contribution in [0.25, 0.3) is 11.2 Å². The Morgan fingerprint density at radius 1 is 1.18 bits per heavy atom. The van der Waals surface area contributed by atoms with Crippen LogP contribution in [0.4, 0.5) is 0 Å². The predicted molar refractivity (Wildman–Crippen MR) is 111 cm³/mol. The summed E-state index contributed by atoms with van der Waals surface area (Å²) >= 11 is 1.51. The van der Waals surface area contributed by atoms with E-state index in [2.05, 4.69) is 30.1 Å². The summed E-state index contributed by atoms with van der Waals surface area (Å²) in [6.45, 7) is 2.60. The van der Waals surface area contributed by atoms with Crippen molar-refractivity contribution in [1.82, 2.24) is 18.7 Å². The molecule has 0 fully saturated rings. The highest BCUT2D eigenvalue weighted by Gasteiger charge is 2.19. The number of benzene rings is 1. The van der Waals surface area contributed by atoms with E-state index in [1.807, 2.05) is 16.7 Å². The van der Waals surface area contributed by atoms with Gasteiger partial charge in [-0.1, -0.05) is 43.0 Å². The molecular formula is C20H23N5O2S. The second kappa shape index (κ2) is 8.48.